The van der Waals surface area contributed by atoms with Gasteiger partial charge in [-0.2, -0.15) is 0 Å². The van der Waals surface area contributed by atoms with Gasteiger partial charge in [0.15, 0.2) is 0 Å². The van der Waals surface area contributed by atoms with Gasteiger partial charge in [-0.25, -0.2) is 0 Å². The first-order valence-electron chi connectivity index (χ1n) is 1.10. The first-order chi connectivity index (χ1) is 3.46. The fourth-order valence-electron chi connectivity index (χ4n) is 0. The molecule has 0 radical (unpaired) electrons. The Balaban J connectivity index is -0.0000000112. The quantitative estimate of drug-likeness (QED) is 0.347. The average molecular weight is 267 g/mol. The molecule has 0 amide bonds. The van der Waals surface area contributed by atoms with E-state index in [4.69, 9.17) is 30.6 Å². The smallest absolute Gasteiger partial charge is 2.00 e. The van der Waals surface area contributed by atoms with Crippen LogP contribution in [0.1, 0.15) is 0 Å². The fraction of sp³-hybridized carbons (Fsp3) is 0. The normalized spacial score (nSPS) is 4.00. The summed E-state index contributed by atoms with van der Waals surface area (Å²) in [5.41, 5.74) is 0. The molecular formula is H4N2O9Zr. The van der Waals surface area contributed by atoms with Crippen molar-refractivity contribution in [2.24, 2.45) is 0 Å². The van der Waals surface area contributed by atoms with Crippen LogP contribution < -0.4 is 0 Å². The third-order valence-electron chi connectivity index (χ3n) is 0. The van der Waals surface area contributed by atoms with E-state index in [-0.39, 0.29) is 42.6 Å². The molecule has 4 N–H and O–H groups in total. The van der Waals surface area contributed by atoms with Gasteiger partial charge < -0.3 is 47.1 Å². The minimum atomic E-state index is -1.75. The Morgan fingerprint density at radius 3 is 0.750 bits per heavy atom. The molecule has 0 saturated heterocycles. The van der Waals surface area contributed by atoms with Crippen LogP contribution in [0.15, 0.2) is 0 Å². The van der Waals surface area contributed by atoms with Crippen molar-refractivity contribution in [2.75, 3.05) is 0 Å². The summed E-state index contributed by atoms with van der Waals surface area (Å²) in [5, 5.41) is 29.5. The minimum Gasteiger partial charge on any atom is -2.00 e. The number of rotatable bonds is 0. The molecule has 0 aromatic rings. The van der Waals surface area contributed by atoms with Crippen LogP contribution in [-0.4, -0.2) is 21.1 Å². The van der Waals surface area contributed by atoms with Crippen LogP contribution in [0.3, 0.4) is 0 Å². The van der Waals surface area contributed by atoms with Crippen molar-refractivity contribution in [3.05, 3.63) is 30.6 Å². The summed E-state index contributed by atoms with van der Waals surface area (Å²) < 4.78 is 0. The predicted molar refractivity (Wildman–Crippen MR) is 28.6 cm³/mol. The first kappa shape index (κ1) is 43.3. The number of hydrogen-bond donors (Lipinski definition) is 0. The molecule has 0 rings (SSSR count). The summed E-state index contributed by atoms with van der Waals surface area (Å²) >= 11 is 0. The van der Waals surface area contributed by atoms with Gasteiger partial charge in [0.1, 0.15) is 0 Å². The van der Waals surface area contributed by atoms with Gasteiger partial charge in [0.25, 0.3) is 0 Å². The molecule has 0 unspecified atom stereocenters. The fourth-order valence-corrected chi connectivity index (χ4v) is 0. The van der Waals surface area contributed by atoms with Crippen molar-refractivity contribution >= 4 is 0 Å². The van der Waals surface area contributed by atoms with Crippen LogP contribution in [0.5, 0.6) is 0 Å². The van der Waals surface area contributed by atoms with E-state index in [1.807, 2.05) is 0 Å². The van der Waals surface area contributed by atoms with Crippen LogP contribution in [-0.2, 0) is 31.7 Å². The van der Waals surface area contributed by atoms with Crippen LogP contribution in [0.2, 0.25) is 0 Å². The van der Waals surface area contributed by atoms with Crippen LogP contribution >= 0.6 is 0 Å². The molecule has 72 valence electrons. The maximum Gasteiger partial charge on any atom is 4.00 e. The summed E-state index contributed by atoms with van der Waals surface area (Å²) in [5.74, 6) is 0. The molecule has 0 atom stereocenters. The first-order valence-corrected chi connectivity index (χ1v) is 1.10. The maximum atomic E-state index is 8.25. The van der Waals surface area contributed by atoms with Gasteiger partial charge >= 0.3 is 26.2 Å². The van der Waals surface area contributed by atoms with Crippen molar-refractivity contribution in [1.29, 1.82) is 0 Å². The Labute approximate surface area is 83.9 Å². The van der Waals surface area contributed by atoms with Gasteiger partial charge in [-0.1, -0.05) is 0 Å². The molecule has 0 aromatic heterocycles. The molecule has 0 aliphatic heterocycles. The van der Waals surface area contributed by atoms with Gasteiger partial charge in [0.05, 0.1) is 10.2 Å². The zero-order valence-corrected chi connectivity index (χ0v) is 7.71. The van der Waals surface area contributed by atoms with Crippen molar-refractivity contribution in [1.82, 2.24) is 0 Å². The molecule has 0 aliphatic rings. The molecule has 0 aliphatic carbocycles. The molecule has 0 saturated carbocycles. The summed E-state index contributed by atoms with van der Waals surface area (Å²) in [7, 11) is 0. The third-order valence-corrected chi connectivity index (χ3v) is 0. The Morgan fingerprint density at radius 1 is 0.750 bits per heavy atom. The van der Waals surface area contributed by atoms with E-state index >= 15 is 0 Å². The maximum absolute atomic E-state index is 8.25. The molecule has 0 bridgehead atoms. The summed E-state index contributed by atoms with van der Waals surface area (Å²) in [6, 6.07) is 0. The molecule has 12 heavy (non-hydrogen) atoms. The zero-order valence-electron chi connectivity index (χ0n) is 5.25. The van der Waals surface area contributed by atoms with Crippen LogP contribution in [0, 0.1) is 30.6 Å². The van der Waals surface area contributed by atoms with Gasteiger partial charge in [0.2, 0.25) is 0 Å². The monoisotopic (exact) mass is 266 g/mol. The molecule has 11 nitrogen and oxygen atoms in total. The molecular weight excluding hydrogens is 263 g/mol. The van der Waals surface area contributed by atoms with Crippen molar-refractivity contribution in [3.63, 3.8) is 0 Å². The van der Waals surface area contributed by atoms with Gasteiger partial charge in [-0.3, -0.25) is 0 Å². The van der Waals surface area contributed by atoms with Crippen molar-refractivity contribution in [2.45, 2.75) is 0 Å². The largest absolute Gasteiger partial charge is 4.00 e. The van der Waals surface area contributed by atoms with E-state index < -0.39 is 10.2 Å². The van der Waals surface area contributed by atoms with Crippen LogP contribution in [0.4, 0.5) is 0 Å². The Morgan fingerprint density at radius 2 is 0.750 bits per heavy atom. The van der Waals surface area contributed by atoms with E-state index in [1.54, 1.807) is 0 Å². The van der Waals surface area contributed by atoms with E-state index in [9.17, 15) is 0 Å². The minimum absolute atomic E-state index is 0. The summed E-state index contributed by atoms with van der Waals surface area (Å²) in [6.07, 6.45) is 0. The van der Waals surface area contributed by atoms with E-state index in [0.29, 0.717) is 0 Å². The summed E-state index contributed by atoms with van der Waals surface area (Å²) in [4.78, 5) is 16.5. The molecule has 0 spiro atoms. The molecule has 0 fully saturated rings. The standard InChI is InChI=1S/2NO3.2H2O.O.Zr/c2*2-1(3)4;;;;/h;;2*1H2;;/q2*-1;;;-2;+4. The number of hydrogen-bond acceptors (Lipinski definition) is 6. The van der Waals surface area contributed by atoms with Gasteiger partial charge in [-0.05, 0) is 0 Å². The number of nitrogens with zero attached hydrogens (tertiary/aromatic N) is 2. The zero-order chi connectivity index (χ0) is 7.15. The Bertz CT molecular complexity index is 70.5. The van der Waals surface area contributed by atoms with E-state index in [1.165, 1.54) is 0 Å². The van der Waals surface area contributed by atoms with E-state index in [0.717, 1.165) is 0 Å². The predicted octanol–water partition coefficient (Wildman–Crippen LogP) is -2.25. The average Bonchev–Trinajstić information content (AvgIpc) is 1.25. The second kappa shape index (κ2) is 32.0. The third kappa shape index (κ3) is 872. The second-order valence-electron chi connectivity index (χ2n) is 0.447. The topological polar surface area (TPSA) is 224 Å². The molecule has 0 heterocycles. The van der Waals surface area contributed by atoms with Crippen LogP contribution in [0.25, 0.3) is 0 Å². The Hall–Kier alpha value is -0.837. The SMILES string of the molecule is O.O.O=[N+]([O-])[O-].O=[N+]([O-])[O-].[O-2].[Zr+4]. The summed E-state index contributed by atoms with van der Waals surface area (Å²) in [6.45, 7) is 0. The molecule has 12 heteroatoms. The van der Waals surface area contributed by atoms with E-state index in [2.05, 4.69) is 0 Å². The van der Waals surface area contributed by atoms with Gasteiger partial charge in [0, 0.05) is 0 Å². The van der Waals surface area contributed by atoms with Gasteiger partial charge in [-0.15, -0.1) is 0 Å². The van der Waals surface area contributed by atoms with Crippen molar-refractivity contribution in [3.8, 4) is 0 Å². The second-order valence-corrected chi connectivity index (χ2v) is 0.447. The Kier molecular flexibility index (Phi) is 115. The van der Waals surface area contributed by atoms with Crippen molar-refractivity contribution < 1.29 is 52.8 Å². The molecule has 0 aromatic carbocycles.